The Labute approximate surface area is 101 Å². The molecule has 0 aromatic heterocycles. The van der Waals surface area contributed by atoms with E-state index in [2.05, 4.69) is 24.3 Å². The van der Waals surface area contributed by atoms with Crippen LogP contribution in [0, 0.1) is 11.8 Å². The van der Waals surface area contributed by atoms with Crippen LogP contribution in [0.4, 0.5) is 0 Å². The van der Waals surface area contributed by atoms with Crippen LogP contribution in [0.15, 0.2) is 24.3 Å². The van der Waals surface area contributed by atoms with Gasteiger partial charge in [-0.1, -0.05) is 24.3 Å². The number of ether oxygens (including phenoxy) is 1. The number of epoxide rings is 1. The quantitative estimate of drug-likeness (QED) is 0.616. The maximum atomic E-state index is 6.52. The first-order valence-corrected chi connectivity index (χ1v) is 7.17. The number of rotatable bonds is 0. The zero-order valence-corrected chi connectivity index (χ0v) is 9.86. The van der Waals surface area contributed by atoms with Gasteiger partial charge in [0, 0.05) is 11.8 Å². The predicted molar refractivity (Wildman–Crippen MR) is 63.9 cm³/mol. The molecule has 3 saturated carbocycles. The molecule has 1 heteroatoms. The van der Waals surface area contributed by atoms with E-state index in [1.54, 1.807) is 11.1 Å². The van der Waals surface area contributed by atoms with E-state index in [-0.39, 0.29) is 0 Å². The number of hydrogen-bond donors (Lipinski definition) is 0. The molecule has 1 saturated heterocycles. The minimum Gasteiger partial charge on any atom is -0.361 e. The van der Waals surface area contributed by atoms with E-state index in [1.807, 2.05) is 0 Å². The van der Waals surface area contributed by atoms with Gasteiger partial charge in [0.05, 0.1) is 0 Å². The number of benzene rings is 1. The SMILES string of the molecule is c1ccc2c(c1)[C@H]1C[C@H]2[C@]23O[C@@]12[C@H]1CC[C@H]3C1. The highest BCUT2D eigenvalue weighted by atomic mass is 16.6. The van der Waals surface area contributed by atoms with Crippen LogP contribution in [-0.2, 0) is 4.74 Å². The Morgan fingerprint density at radius 3 is 2.06 bits per heavy atom. The van der Waals surface area contributed by atoms with Gasteiger partial charge in [0.25, 0.3) is 0 Å². The highest BCUT2D eigenvalue weighted by Crippen LogP contribution is 2.86. The van der Waals surface area contributed by atoms with Crippen molar-refractivity contribution < 1.29 is 4.74 Å². The molecule has 4 bridgehead atoms. The lowest BCUT2D eigenvalue weighted by molar-refractivity contribution is 0.113. The lowest BCUT2D eigenvalue weighted by Gasteiger charge is -2.29. The smallest absolute Gasteiger partial charge is 0.109 e. The molecule has 1 heterocycles. The zero-order chi connectivity index (χ0) is 10.8. The average molecular weight is 224 g/mol. The van der Waals surface area contributed by atoms with Crippen molar-refractivity contribution >= 4 is 0 Å². The molecule has 17 heavy (non-hydrogen) atoms. The topological polar surface area (TPSA) is 12.5 Å². The molecular weight excluding hydrogens is 208 g/mol. The van der Waals surface area contributed by atoms with Crippen molar-refractivity contribution in [1.82, 2.24) is 0 Å². The Morgan fingerprint density at radius 2 is 1.47 bits per heavy atom. The summed E-state index contributed by atoms with van der Waals surface area (Å²) in [6.45, 7) is 0. The third kappa shape index (κ3) is 0.567. The van der Waals surface area contributed by atoms with Gasteiger partial charge in [0.1, 0.15) is 11.2 Å². The molecule has 0 radical (unpaired) electrons. The molecule has 0 unspecified atom stereocenters. The normalized spacial score (nSPS) is 59.1. The van der Waals surface area contributed by atoms with Crippen LogP contribution < -0.4 is 0 Å². The molecular formula is C16H16O. The molecule has 0 N–H and O–H groups in total. The molecule has 6 rings (SSSR count). The summed E-state index contributed by atoms with van der Waals surface area (Å²) >= 11 is 0. The largest absolute Gasteiger partial charge is 0.361 e. The fourth-order valence-corrected chi connectivity index (χ4v) is 6.52. The summed E-state index contributed by atoms with van der Waals surface area (Å²) < 4.78 is 6.52. The van der Waals surface area contributed by atoms with Crippen LogP contribution in [0.2, 0.25) is 0 Å². The van der Waals surface area contributed by atoms with Crippen molar-refractivity contribution in [2.75, 3.05) is 0 Å². The van der Waals surface area contributed by atoms with Gasteiger partial charge in [0.2, 0.25) is 0 Å². The summed E-state index contributed by atoms with van der Waals surface area (Å²) in [6, 6.07) is 9.17. The molecule has 5 aliphatic rings. The highest BCUT2D eigenvalue weighted by molar-refractivity contribution is 5.57. The molecule has 1 aromatic rings. The second-order valence-corrected chi connectivity index (χ2v) is 6.86. The first-order chi connectivity index (χ1) is 8.38. The molecule has 1 aromatic carbocycles. The summed E-state index contributed by atoms with van der Waals surface area (Å²) in [6.07, 6.45) is 5.75. The van der Waals surface area contributed by atoms with E-state index in [0.717, 1.165) is 23.7 Å². The van der Waals surface area contributed by atoms with Gasteiger partial charge in [0.15, 0.2) is 0 Å². The highest BCUT2D eigenvalue weighted by Gasteiger charge is 2.91. The monoisotopic (exact) mass is 224 g/mol. The van der Waals surface area contributed by atoms with Crippen molar-refractivity contribution in [2.24, 2.45) is 11.8 Å². The van der Waals surface area contributed by atoms with Gasteiger partial charge >= 0.3 is 0 Å². The molecule has 1 aliphatic heterocycles. The van der Waals surface area contributed by atoms with E-state index in [4.69, 9.17) is 4.74 Å². The fourth-order valence-electron chi connectivity index (χ4n) is 6.52. The van der Waals surface area contributed by atoms with Crippen molar-refractivity contribution in [3.05, 3.63) is 35.4 Å². The molecule has 0 spiro atoms. The van der Waals surface area contributed by atoms with E-state index in [0.29, 0.717) is 11.2 Å². The van der Waals surface area contributed by atoms with Crippen LogP contribution in [0.5, 0.6) is 0 Å². The maximum absolute atomic E-state index is 6.52. The van der Waals surface area contributed by atoms with Crippen LogP contribution in [0.3, 0.4) is 0 Å². The average Bonchev–Trinajstić information content (AvgIpc) is 2.80. The first kappa shape index (κ1) is 8.31. The minimum atomic E-state index is 0.328. The fraction of sp³-hybridized carbons (Fsp3) is 0.625. The number of fused-ring (bicyclic) bond motifs is 7. The summed E-state index contributed by atoms with van der Waals surface area (Å²) in [5.74, 6) is 3.30. The molecule has 1 nitrogen and oxygen atoms in total. The van der Waals surface area contributed by atoms with E-state index in [1.165, 1.54) is 25.7 Å². The zero-order valence-electron chi connectivity index (χ0n) is 9.86. The maximum Gasteiger partial charge on any atom is 0.109 e. The van der Waals surface area contributed by atoms with Gasteiger partial charge in [-0.3, -0.25) is 0 Å². The lowest BCUT2D eigenvalue weighted by Crippen LogP contribution is -2.36. The first-order valence-electron chi connectivity index (χ1n) is 7.17. The standard InChI is InChI=1S/C16H16O/c1-2-4-12-11(3-1)13-8-14(12)16-10-6-5-9(7-10)15(13,16)17-16/h1-4,9-10,13-14H,5-8H2/t9-,10-,13+,14+,15-,16-/m0/s1. The third-order valence-corrected chi connectivity index (χ3v) is 6.81. The molecule has 0 amide bonds. The second-order valence-electron chi connectivity index (χ2n) is 6.86. The molecule has 4 fully saturated rings. The minimum absolute atomic E-state index is 0.328. The van der Waals surface area contributed by atoms with E-state index in [9.17, 15) is 0 Å². The van der Waals surface area contributed by atoms with Crippen LogP contribution in [0.25, 0.3) is 0 Å². The molecule has 86 valence electrons. The van der Waals surface area contributed by atoms with Gasteiger partial charge in [-0.2, -0.15) is 0 Å². The lowest BCUT2D eigenvalue weighted by atomic mass is 9.69. The Balaban J connectivity index is 1.67. The van der Waals surface area contributed by atoms with Gasteiger partial charge in [-0.25, -0.2) is 0 Å². The van der Waals surface area contributed by atoms with Crippen LogP contribution in [0.1, 0.15) is 48.6 Å². The number of hydrogen-bond acceptors (Lipinski definition) is 1. The van der Waals surface area contributed by atoms with Crippen molar-refractivity contribution in [2.45, 2.75) is 48.7 Å². The summed E-state index contributed by atoms with van der Waals surface area (Å²) in [5, 5.41) is 0. The molecule has 4 aliphatic carbocycles. The third-order valence-electron chi connectivity index (χ3n) is 6.81. The predicted octanol–water partition coefficient (Wildman–Crippen LogP) is 3.21. The Kier molecular flexibility index (Phi) is 1.02. The molecule has 6 atom stereocenters. The van der Waals surface area contributed by atoms with Crippen molar-refractivity contribution in [1.29, 1.82) is 0 Å². The van der Waals surface area contributed by atoms with E-state index < -0.39 is 0 Å². The van der Waals surface area contributed by atoms with Crippen molar-refractivity contribution in [3.8, 4) is 0 Å². The van der Waals surface area contributed by atoms with Gasteiger partial charge < -0.3 is 4.74 Å². The summed E-state index contributed by atoms with van der Waals surface area (Å²) in [5.41, 5.74) is 3.93. The Morgan fingerprint density at radius 1 is 0.882 bits per heavy atom. The van der Waals surface area contributed by atoms with Crippen molar-refractivity contribution in [3.63, 3.8) is 0 Å². The van der Waals surface area contributed by atoms with Gasteiger partial charge in [-0.15, -0.1) is 0 Å². The van der Waals surface area contributed by atoms with Gasteiger partial charge in [-0.05, 0) is 48.6 Å². The Hall–Kier alpha value is -0.820. The van der Waals surface area contributed by atoms with Crippen LogP contribution in [-0.4, -0.2) is 11.2 Å². The summed E-state index contributed by atoms with van der Waals surface area (Å²) in [4.78, 5) is 0. The summed E-state index contributed by atoms with van der Waals surface area (Å²) in [7, 11) is 0. The van der Waals surface area contributed by atoms with Crippen LogP contribution >= 0.6 is 0 Å². The second kappa shape index (κ2) is 2.09. The van der Waals surface area contributed by atoms with E-state index >= 15 is 0 Å². The Bertz CT molecular complexity index is 517.